The number of carbonyl (C=O) groups excluding carboxylic acids is 2. The molecular formula is C11H18N2O5. The highest BCUT2D eigenvalue weighted by Gasteiger charge is 2.30. The van der Waals surface area contributed by atoms with Crippen LogP contribution in [0.25, 0.3) is 0 Å². The molecule has 1 heterocycles. The van der Waals surface area contributed by atoms with E-state index in [1.54, 1.807) is 4.90 Å². The van der Waals surface area contributed by atoms with Gasteiger partial charge >= 0.3 is 12.1 Å². The van der Waals surface area contributed by atoms with Crippen molar-refractivity contribution in [1.29, 1.82) is 0 Å². The van der Waals surface area contributed by atoms with Gasteiger partial charge in [-0.15, -0.1) is 0 Å². The molecule has 0 aromatic heterocycles. The summed E-state index contributed by atoms with van der Waals surface area (Å²) in [5, 5.41) is 11.4. The number of hydrogen-bond donors (Lipinski definition) is 2. The zero-order chi connectivity index (χ0) is 13.7. The average Bonchev–Trinajstić information content (AvgIpc) is 2.27. The third-order valence-electron chi connectivity index (χ3n) is 2.95. The number of nitrogens with zero attached hydrogens (tertiary/aromatic N) is 1. The predicted octanol–water partition coefficient (Wildman–Crippen LogP) is 0.0541. The first-order valence-electron chi connectivity index (χ1n) is 5.74. The maximum absolute atomic E-state index is 11.4. The van der Waals surface area contributed by atoms with E-state index in [1.807, 2.05) is 0 Å². The Hall–Kier alpha value is -1.79. The van der Waals surface area contributed by atoms with Crippen molar-refractivity contribution < 1.29 is 24.2 Å². The van der Waals surface area contributed by atoms with Crippen molar-refractivity contribution in [1.82, 2.24) is 10.2 Å². The van der Waals surface area contributed by atoms with Gasteiger partial charge < -0.3 is 20.1 Å². The van der Waals surface area contributed by atoms with Gasteiger partial charge in [0.2, 0.25) is 5.91 Å². The topological polar surface area (TPSA) is 95.9 Å². The van der Waals surface area contributed by atoms with Gasteiger partial charge in [-0.1, -0.05) is 0 Å². The maximum atomic E-state index is 11.4. The van der Waals surface area contributed by atoms with Crippen LogP contribution in [0.5, 0.6) is 0 Å². The molecule has 0 bridgehead atoms. The molecule has 1 rings (SSSR count). The van der Waals surface area contributed by atoms with E-state index < -0.39 is 12.1 Å². The SMILES string of the molecule is COC(=O)NC1CC(CC(=O)O)CN(C(C)=O)C1. The largest absolute Gasteiger partial charge is 0.481 e. The first-order chi connectivity index (χ1) is 8.42. The number of alkyl carbamates (subject to hydrolysis) is 1. The summed E-state index contributed by atoms with van der Waals surface area (Å²) < 4.78 is 4.50. The van der Waals surface area contributed by atoms with Crippen LogP contribution in [0.1, 0.15) is 19.8 Å². The van der Waals surface area contributed by atoms with Crippen LogP contribution in [0, 0.1) is 5.92 Å². The van der Waals surface area contributed by atoms with Crippen molar-refractivity contribution in [3.05, 3.63) is 0 Å². The summed E-state index contributed by atoms with van der Waals surface area (Å²) in [6.45, 7) is 2.24. The summed E-state index contributed by atoms with van der Waals surface area (Å²) >= 11 is 0. The van der Waals surface area contributed by atoms with Gasteiger partial charge in [-0.05, 0) is 12.3 Å². The number of carbonyl (C=O) groups is 3. The summed E-state index contributed by atoms with van der Waals surface area (Å²) in [6, 6.07) is -0.264. The highest BCUT2D eigenvalue weighted by molar-refractivity contribution is 5.74. The fourth-order valence-corrected chi connectivity index (χ4v) is 2.19. The number of carboxylic acids is 1. The van der Waals surface area contributed by atoms with Gasteiger partial charge in [0.15, 0.2) is 0 Å². The molecule has 0 spiro atoms. The Morgan fingerprint density at radius 3 is 2.56 bits per heavy atom. The Balaban J connectivity index is 2.64. The third-order valence-corrected chi connectivity index (χ3v) is 2.95. The molecule has 0 radical (unpaired) electrons. The summed E-state index contributed by atoms with van der Waals surface area (Å²) in [7, 11) is 1.26. The molecule has 18 heavy (non-hydrogen) atoms. The van der Waals surface area contributed by atoms with Crippen LogP contribution >= 0.6 is 0 Å². The highest BCUT2D eigenvalue weighted by Crippen LogP contribution is 2.20. The van der Waals surface area contributed by atoms with Crippen LogP contribution in [0.2, 0.25) is 0 Å². The Kier molecular flexibility index (Phi) is 4.94. The van der Waals surface area contributed by atoms with Crippen molar-refractivity contribution in [2.24, 2.45) is 5.92 Å². The molecule has 1 aliphatic heterocycles. The Morgan fingerprint density at radius 1 is 1.39 bits per heavy atom. The van der Waals surface area contributed by atoms with Crippen molar-refractivity contribution in [3.8, 4) is 0 Å². The molecular weight excluding hydrogens is 240 g/mol. The molecule has 102 valence electrons. The smallest absolute Gasteiger partial charge is 0.407 e. The van der Waals surface area contributed by atoms with E-state index in [2.05, 4.69) is 10.1 Å². The van der Waals surface area contributed by atoms with Gasteiger partial charge in [0.05, 0.1) is 13.2 Å². The first-order valence-corrected chi connectivity index (χ1v) is 5.74. The van der Waals surface area contributed by atoms with E-state index >= 15 is 0 Å². The van der Waals surface area contributed by atoms with Crippen molar-refractivity contribution in [2.75, 3.05) is 20.2 Å². The van der Waals surface area contributed by atoms with Crippen LogP contribution in [0.15, 0.2) is 0 Å². The van der Waals surface area contributed by atoms with Crippen molar-refractivity contribution >= 4 is 18.0 Å². The zero-order valence-electron chi connectivity index (χ0n) is 10.5. The van der Waals surface area contributed by atoms with E-state index in [1.165, 1.54) is 14.0 Å². The lowest BCUT2D eigenvalue weighted by Crippen LogP contribution is -2.52. The molecule has 0 saturated carbocycles. The number of carboxylic acid groups (broad SMARTS) is 1. The van der Waals surface area contributed by atoms with Gasteiger partial charge in [0, 0.05) is 26.4 Å². The molecule has 1 fully saturated rings. The number of nitrogens with one attached hydrogen (secondary N) is 1. The monoisotopic (exact) mass is 258 g/mol. The molecule has 7 nitrogen and oxygen atoms in total. The molecule has 1 aliphatic rings. The Bertz CT molecular complexity index is 344. The zero-order valence-corrected chi connectivity index (χ0v) is 10.5. The second-order valence-corrected chi connectivity index (χ2v) is 4.46. The number of ether oxygens (including phenoxy) is 1. The van der Waals surface area contributed by atoms with Crippen LogP contribution in [0.4, 0.5) is 4.79 Å². The summed E-state index contributed by atoms with van der Waals surface area (Å²) in [6.07, 6.45) is -0.0478. The highest BCUT2D eigenvalue weighted by atomic mass is 16.5. The summed E-state index contributed by atoms with van der Waals surface area (Å²) in [5.74, 6) is -1.17. The molecule has 2 atom stereocenters. The number of aliphatic carboxylic acids is 1. The number of amides is 2. The van der Waals surface area contributed by atoms with Crippen LogP contribution in [-0.2, 0) is 14.3 Å². The van der Waals surface area contributed by atoms with Gasteiger partial charge in [0.1, 0.15) is 0 Å². The Morgan fingerprint density at radius 2 is 2.06 bits per heavy atom. The van der Waals surface area contributed by atoms with Gasteiger partial charge in [0.25, 0.3) is 0 Å². The van der Waals surface area contributed by atoms with Crippen LogP contribution in [-0.4, -0.2) is 54.2 Å². The first kappa shape index (κ1) is 14.3. The number of methoxy groups -OCH3 is 1. The summed E-state index contributed by atoms with van der Waals surface area (Å²) in [4.78, 5) is 34.8. The lowest BCUT2D eigenvalue weighted by atomic mass is 9.91. The molecule has 0 aliphatic carbocycles. The third kappa shape index (κ3) is 4.23. The minimum atomic E-state index is -0.901. The van der Waals surface area contributed by atoms with E-state index in [9.17, 15) is 14.4 Å². The van der Waals surface area contributed by atoms with E-state index in [0.717, 1.165) is 0 Å². The van der Waals surface area contributed by atoms with Gasteiger partial charge in [-0.25, -0.2) is 4.79 Å². The molecule has 0 aromatic carbocycles. The Labute approximate surface area is 105 Å². The fraction of sp³-hybridized carbons (Fsp3) is 0.727. The number of likely N-dealkylation sites (tertiary alicyclic amines) is 1. The van der Waals surface area contributed by atoms with Crippen LogP contribution < -0.4 is 5.32 Å². The summed E-state index contributed by atoms with van der Waals surface area (Å²) in [5.41, 5.74) is 0. The van der Waals surface area contributed by atoms with E-state index in [4.69, 9.17) is 5.11 Å². The van der Waals surface area contributed by atoms with Crippen molar-refractivity contribution in [2.45, 2.75) is 25.8 Å². The number of hydrogen-bond acceptors (Lipinski definition) is 4. The lowest BCUT2D eigenvalue weighted by molar-refractivity contribution is -0.140. The number of rotatable bonds is 3. The molecule has 2 amide bonds. The fourth-order valence-electron chi connectivity index (χ4n) is 2.19. The standard InChI is InChI=1S/C11H18N2O5/c1-7(14)13-5-8(4-10(15)16)3-9(6-13)12-11(17)18-2/h8-9H,3-6H2,1-2H3,(H,12,17)(H,15,16). The molecule has 0 aromatic rings. The maximum Gasteiger partial charge on any atom is 0.407 e. The minimum Gasteiger partial charge on any atom is -0.481 e. The average molecular weight is 258 g/mol. The minimum absolute atomic E-state index is 0.0108. The van der Waals surface area contributed by atoms with E-state index in [0.29, 0.717) is 19.5 Å². The molecule has 1 saturated heterocycles. The normalized spacial score (nSPS) is 23.3. The van der Waals surface area contributed by atoms with Crippen LogP contribution in [0.3, 0.4) is 0 Å². The second kappa shape index (κ2) is 6.23. The number of piperidine rings is 1. The van der Waals surface area contributed by atoms with Gasteiger partial charge in [-0.3, -0.25) is 9.59 Å². The molecule has 2 unspecified atom stereocenters. The quantitative estimate of drug-likeness (QED) is 0.746. The molecule has 7 heteroatoms. The predicted molar refractivity (Wildman–Crippen MR) is 61.9 cm³/mol. The van der Waals surface area contributed by atoms with Gasteiger partial charge in [-0.2, -0.15) is 0 Å². The molecule has 2 N–H and O–H groups in total. The second-order valence-electron chi connectivity index (χ2n) is 4.46. The van der Waals surface area contributed by atoms with Crippen molar-refractivity contribution in [3.63, 3.8) is 0 Å². The van der Waals surface area contributed by atoms with E-state index in [-0.39, 0.29) is 24.3 Å². The lowest BCUT2D eigenvalue weighted by Gasteiger charge is -2.36.